The molecule has 5 aromatic rings. The van der Waals surface area contributed by atoms with E-state index in [-0.39, 0.29) is 40.9 Å². The molecule has 1 N–H and O–H groups in total. The van der Waals surface area contributed by atoms with Gasteiger partial charge in [0.15, 0.2) is 5.82 Å². The number of aromatic nitrogens is 3. The second kappa shape index (κ2) is 14.5. The molecule has 1 saturated carbocycles. The Morgan fingerprint density at radius 2 is 1.66 bits per heavy atom. The molecule has 0 radical (unpaired) electrons. The number of fused-ring (bicyclic) bond motifs is 5. The van der Waals surface area contributed by atoms with Gasteiger partial charge in [-0.1, -0.05) is 34.9 Å². The number of aromatic hydroxyl groups is 1. The number of carbonyl (C=O) groups is 4. The number of aryl methyl sites for hydroxylation is 2. The molecule has 0 bridgehead atoms. The lowest BCUT2D eigenvalue weighted by molar-refractivity contribution is -0.141. The maximum atomic E-state index is 15.4. The molecule has 322 valence electrons. The summed E-state index contributed by atoms with van der Waals surface area (Å²) in [6, 6.07) is 11.7. The molecule has 0 spiro atoms. The Balaban J connectivity index is 1.16. The van der Waals surface area contributed by atoms with E-state index in [0.29, 0.717) is 27.9 Å². The fourth-order valence-electron chi connectivity index (χ4n) is 10.2. The lowest BCUT2D eigenvalue weighted by Crippen LogP contribution is -2.49. The molecule has 6 unspecified atom stereocenters. The number of imide groups is 2. The fraction of sp³-hybridized carbons (Fsp3) is 0.349. The van der Waals surface area contributed by atoms with E-state index >= 15 is 9.59 Å². The SMILES string of the molecule is COc1cc(O)cc(OC)c1C1C2=CCC3C(=O)N(N(C)c4nc(C(F)(F)F)ccc4Cl)C(=O)C3C2CC2C(=O)N(c3cc(-c4sc5ccc(Cl)cc5c4C)nn3C)C(=O)C21C. The average Bonchev–Trinajstić information content (AvgIpc) is 3.90. The number of benzene rings is 2. The van der Waals surface area contributed by atoms with Crippen LogP contribution in [0.3, 0.4) is 0 Å². The van der Waals surface area contributed by atoms with Crippen molar-refractivity contribution in [1.82, 2.24) is 19.8 Å². The van der Waals surface area contributed by atoms with Gasteiger partial charge >= 0.3 is 6.18 Å². The van der Waals surface area contributed by atoms with Crippen LogP contribution in [-0.2, 0) is 32.4 Å². The molecule has 62 heavy (non-hydrogen) atoms. The van der Waals surface area contributed by atoms with Crippen LogP contribution in [0.4, 0.5) is 24.8 Å². The highest BCUT2D eigenvalue weighted by Crippen LogP contribution is 2.66. The van der Waals surface area contributed by atoms with Gasteiger partial charge in [-0.15, -0.1) is 11.3 Å². The van der Waals surface area contributed by atoms with Crippen LogP contribution < -0.4 is 19.4 Å². The van der Waals surface area contributed by atoms with Gasteiger partial charge in [0.1, 0.15) is 34.5 Å². The Morgan fingerprint density at radius 3 is 2.32 bits per heavy atom. The van der Waals surface area contributed by atoms with Crippen molar-refractivity contribution in [2.45, 2.75) is 38.8 Å². The number of nitrogens with zero attached hydrogens (tertiary/aromatic N) is 6. The first kappa shape index (κ1) is 41.7. The first-order valence-corrected chi connectivity index (χ1v) is 21.0. The summed E-state index contributed by atoms with van der Waals surface area (Å²) in [5, 5.41) is 18.5. The Bertz CT molecular complexity index is 2800. The summed E-state index contributed by atoms with van der Waals surface area (Å²) in [5.74, 6) is -7.64. The summed E-state index contributed by atoms with van der Waals surface area (Å²) in [6.07, 6.45) is -3.06. The van der Waals surface area contributed by atoms with Crippen LogP contribution in [0.2, 0.25) is 10.0 Å². The largest absolute Gasteiger partial charge is 0.508 e. The molecule has 2 aliphatic heterocycles. The van der Waals surface area contributed by atoms with Crippen LogP contribution in [0.25, 0.3) is 20.7 Å². The highest BCUT2D eigenvalue weighted by atomic mass is 35.5. The number of hydrogen-bond donors (Lipinski definition) is 1. The number of rotatable bonds is 7. The predicted octanol–water partition coefficient (Wildman–Crippen LogP) is 8.34. The molecule has 3 aromatic heterocycles. The van der Waals surface area contributed by atoms with Crippen molar-refractivity contribution in [2.24, 2.45) is 36.1 Å². The summed E-state index contributed by atoms with van der Waals surface area (Å²) in [6.45, 7) is 3.64. The van der Waals surface area contributed by atoms with Crippen LogP contribution in [0.1, 0.15) is 42.5 Å². The van der Waals surface area contributed by atoms with Crippen molar-refractivity contribution in [3.8, 4) is 27.8 Å². The third-order valence-electron chi connectivity index (χ3n) is 13.0. The van der Waals surface area contributed by atoms with Crippen molar-refractivity contribution in [3.05, 3.63) is 87.0 Å². The van der Waals surface area contributed by atoms with E-state index in [1.807, 2.05) is 19.1 Å². The maximum absolute atomic E-state index is 15.4. The highest BCUT2D eigenvalue weighted by Gasteiger charge is 2.69. The fourth-order valence-corrected chi connectivity index (χ4v) is 11.7. The zero-order chi connectivity index (χ0) is 44.5. The number of hydrazine groups is 1. The van der Waals surface area contributed by atoms with E-state index in [1.165, 1.54) is 49.4 Å². The van der Waals surface area contributed by atoms with Gasteiger partial charge in [0.2, 0.25) is 11.8 Å². The number of phenolic OH excluding ortho intramolecular Hbond substituents is 1. The van der Waals surface area contributed by atoms with Crippen molar-refractivity contribution in [3.63, 3.8) is 0 Å². The van der Waals surface area contributed by atoms with Gasteiger partial charge in [-0.25, -0.2) is 9.88 Å². The minimum absolute atomic E-state index is 0.0196. The van der Waals surface area contributed by atoms with Gasteiger partial charge in [0, 0.05) is 53.5 Å². The van der Waals surface area contributed by atoms with Gasteiger partial charge in [0.25, 0.3) is 11.8 Å². The number of ether oxygens (including phenoxy) is 2. The summed E-state index contributed by atoms with van der Waals surface area (Å²) < 4.78 is 55.4. The zero-order valence-electron chi connectivity index (χ0n) is 33.9. The molecule has 5 heterocycles. The average molecular weight is 910 g/mol. The number of phenols is 1. The number of pyridine rings is 1. The minimum atomic E-state index is -4.84. The van der Waals surface area contributed by atoms with Crippen molar-refractivity contribution in [1.29, 1.82) is 0 Å². The van der Waals surface area contributed by atoms with Crippen LogP contribution in [0, 0.1) is 36.0 Å². The third kappa shape index (κ3) is 5.94. The number of amides is 4. The van der Waals surface area contributed by atoms with Gasteiger partial charge in [-0.2, -0.15) is 23.3 Å². The Morgan fingerprint density at radius 1 is 0.968 bits per heavy atom. The van der Waals surface area contributed by atoms with E-state index in [1.54, 1.807) is 32.2 Å². The van der Waals surface area contributed by atoms with E-state index in [0.717, 1.165) is 41.5 Å². The Hall–Kier alpha value is -5.65. The summed E-state index contributed by atoms with van der Waals surface area (Å²) in [7, 11) is 5.65. The molecule has 2 saturated heterocycles. The predicted molar refractivity (Wildman–Crippen MR) is 224 cm³/mol. The second-order valence-corrected chi connectivity index (χ2v) is 18.0. The molecule has 4 aliphatic rings. The van der Waals surface area contributed by atoms with E-state index in [9.17, 15) is 27.9 Å². The number of carbonyl (C=O) groups excluding carboxylic acids is 4. The minimum Gasteiger partial charge on any atom is -0.508 e. The maximum Gasteiger partial charge on any atom is 0.433 e. The molecule has 13 nitrogen and oxygen atoms in total. The number of hydrogen-bond acceptors (Lipinski definition) is 11. The molecule has 9 rings (SSSR count). The standard InChI is InChI=1S/C43H37Cl2F3N6O7S/c1-18-23-13-19(44)7-11-30(23)62-36(18)27-17-32(51(3)50-27)53-39(57)25-16-24-21(35(42(25,2)41(53)59)34-28(60-5)14-20(55)15-29(34)61-6)8-9-22-33(24)40(58)54(38(22)56)52(4)37-26(45)10-12-31(49-37)43(46,47)48/h7-8,10-15,17,22,24-25,33,35,55H,9,16H2,1-6H3. The Kier molecular flexibility index (Phi) is 9.72. The number of methoxy groups -OCH3 is 2. The van der Waals surface area contributed by atoms with Crippen LogP contribution >= 0.6 is 34.5 Å². The molecule has 4 amide bonds. The zero-order valence-corrected chi connectivity index (χ0v) is 36.2. The topological polar surface area (TPSA) is 147 Å². The quantitative estimate of drug-likeness (QED) is 0.125. The smallest absolute Gasteiger partial charge is 0.433 e. The highest BCUT2D eigenvalue weighted by molar-refractivity contribution is 7.22. The lowest BCUT2D eigenvalue weighted by atomic mass is 9.51. The van der Waals surface area contributed by atoms with E-state index < -0.39 is 76.3 Å². The van der Waals surface area contributed by atoms with Gasteiger partial charge in [0.05, 0.1) is 47.3 Å². The molecular formula is C43H37Cl2F3N6O7S. The second-order valence-electron chi connectivity index (χ2n) is 16.1. The Labute approximate surface area is 366 Å². The van der Waals surface area contributed by atoms with Crippen LogP contribution in [-0.4, -0.2) is 69.8 Å². The van der Waals surface area contributed by atoms with E-state index in [4.69, 9.17) is 37.8 Å². The van der Waals surface area contributed by atoms with Crippen LogP contribution in [0.5, 0.6) is 17.2 Å². The number of alkyl halides is 3. The molecular weight excluding hydrogens is 872 g/mol. The van der Waals surface area contributed by atoms with Gasteiger partial charge < -0.3 is 14.6 Å². The number of anilines is 2. The van der Waals surface area contributed by atoms with E-state index in [2.05, 4.69) is 4.98 Å². The third-order valence-corrected chi connectivity index (χ3v) is 14.8. The molecule has 2 aromatic carbocycles. The summed E-state index contributed by atoms with van der Waals surface area (Å²) in [4.78, 5) is 65.1. The first-order chi connectivity index (χ1) is 29.3. The molecule has 19 heteroatoms. The van der Waals surface area contributed by atoms with Gasteiger partial charge in [-0.05, 0) is 73.9 Å². The first-order valence-electron chi connectivity index (χ1n) is 19.4. The van der Waals surface area contributed by atoms with Crippen LogP contribution in [0.15, 0.2) is 60.2 Å². The molecule has 6 atom stereocenters. The lowest BCUT2D eigenvalue weighted by Gasteiger charge is -2.49. The number of thiophene rings is 1. The summed E-state index contributed by atoms with van der Waals surface area (Å²) in [5.41, 5.74) is -0.444. The molecule has 2 aliphatic carbocycles. The number of halogens is 5. The number of allylic oxidation sites excluding steroid dienone is 2. The van der Waals surface area contributed by atoms with Crippen molar-refractivity contribution < 1.29 is 46.9 Å². The van der Waals surface area contributed by atoms with Gasteiger partial charge in [-0.3, -0.25) is 28.9 Å². The molecule has 3 fully saturated rings. The van der Waals surface area contributed by atoms with Crippen molar-refractivity contribution >= 4 is 79.9 Å². The van der Waals surface area contributed by atoms with Crippen molar-refractivity contribution in [2.75, 3.05) is 31.2 Å². The monoisotopic (exact) mass is 908 g/mol. The summed E-state index contributed by atoms with van der Waals surface area (Å²) >= 11 is 14.1. The normalized spacial score (nSPS) is 24.7.